The quantitative estimate of drug-likeness (QED) is 0.292. The van der Waals surface area contributed by atoms with E-state index in [2.05, 4.69) is 15.7 Å². The first kappa shape index (κ1) is 28.4. The molecule has 32 heavy (non-hydrogen) atoms. The first-order valence-corrected chi connectivity index (χ1v) is 12.8. The molecule has 1 heterocycles. The van der Waals surface area contributed by atoms with Crippen molar-refractivity contribution in [2.24, 2.45) is 5.92 Å². The third-order valence-electron chi connectivity index (χ3n) is 4.27. The topological polar surface area (TPSA) is 120 Å². The Morgan fingerprint density at radius 3 is 2.47 bits per heavy atom. The standard InChI is InChI=1S/C21H30N3O5PS.Li/c1-16(2)13-19(20(25)22-11-10-18-9-6-12-31-18)24-30(27,28)15-23-21(26)29-14-17-7-4-3-5-8-17;/h3-9,12,16,19H,10-11,13-15H2,1-2H3,(H,22,25)(H,23,26)(H2,24,27,28);/q;+1/p-1/t19-;/m0./s1. The van der Waals surface area contributed by atoms with Gasteiger partial charge in [0.1, 0.15) is 6.61 Å². The van der Waals surface area contributed by atoms with E-state index in [0.717, 1.165) is 10.4 Å². The van der Waals surface area contributed by atoms with Crippen molar-refractivity contribution in [2.75, 3.05) is 12.8 Å². The molecule has 0 aliphatic heterocycles. The van der Waals surface area contributed by atoms with E-state index < -0.39 is 25.9 Å². The van der Waals surface area contributed by atoms with Gasteiger partial charge >= 0.3 is 25.0 Å². The van der Waals surface area contributed by atoms with Crippen LogP contribution in [0.15, 0.2) is 47.8 Å². The number of nitrogens with one attached hydrogen (secondary N) is 3. The minimum absolute atomic E-state index is 0. The number of hydrogen-bond acceptors (Lipinski definition) is 6. The summed E-state index contributed by atoms with van der Waals surface area (Å²) >= 11 is 1.60. The fourth-order valence-electron chi connectivity index (χ4n) is 2.80. The van der Waals surface area contributed by atoms with Crippen LogP contribution in [0.2, 0.25) is 0 Å². The zero-order chi connectivity index (χ0) is 22.7. The minimum Gasteiger partial charge on any atom is -0.787 e. The molecule has 0 saturated carbocycles. The molecule has 0 bridgehead atoms. The maximum atomic E-state index is 12.5. The number of rotatable bonds is 12. The molecule has 0 aliphatic carbocycles. The van der Waals surface area contributed by atoms with Crippen LogP contribution in [0.5, 0.6) is 0 Å². The van der Waals surface area contributed by atoms with Crippen LogP contribution in [0, 0.1) is 5.92 Å². The summed E-state index contributed by atoms with van der Waals surface area (Å²) in [6, 6.07) is 12.1. The number of benzene rings is 1. The van der Waals surface area contributed by atoms with Crippen molar-refractivity contribution in [3.05, 3.63) is 58.3 Å². The molecule has 2 amide bonds. The molecule has 1 aromatic carbocycles. The molecule has 0 radical (unpaired) electrons. The Morgan fingerprint density at radius 2 is 1.84 bits per heavy atom. The molecular weight excluding hydrogens is 444 g/mol. The Balaban J connectivity index is 0.00000512. The number of ether oxygens (including phenoxy) is 1. The van der Waals surface area contributed by atoms with Crippen LogP contribution in [0.4, 0.5) is 4.79 Å². The van der Waals surface area contributed by atoms with Crippen LogP contribution >= 0.6 is 18.9 Å². The van der Waals surface area contributed by atoms with Gasteiger partial charge in [-0.15, -0.1) is 11.3 Å². The second-order valence-corrected chi connectivity index (χ2v) is 10.5. The summed E-state index contributed by atoms with van der Waals surface area (Å²) in [6.07, 6.45) is -0.475. The van der Waals surface area contributed by atoms with Crippen molar-refractivity contribution in [3.63, 3.8) is 0 Å². The van der Waals surface area contributed by atoms with Crippen molar-refractivity contribution in [2.45, 2.75) is 39.3 Å². The van der Waals surface area contributed by atoms with Gasteiger partial charge in [0.25, 0.3) is 0 Å². The molecule has 2 aromatic rings. The van der Waals surface area contributed by atoms with Gasteiger partial charge in [0.2, 0.25) is 5.91 Å². The SMILES string of the molecule is CC(C)C[C@H](NP(=O)([O-])CNC(=O)OCc1ccccc1)C(=O)NCCc1cccs1.[Li+]. The number of hydrogen-bond donors (Lipinski definition) is 3. The number of amides is 2. The Kier molecular flexibility index (Phi) is 12.9. The number of carbonyl (C=O) groups excluding carboxylic acids is 2. The van der Waals surface area contributed by atoms with Crippen LogP contribution < -0.4 is 39.5 Å². The Labute approximate surface area is 205 Å². The normalized spacial score (nSPS) is 13.5. The molecule has 11 heteroatoms. The third kappa shape index (κ3) is 11.3. The van der Waals surface area contributed by atoms with Gasteiger partial charge in [-0.25, -0.2) is 4.79 Å². The Morgan fingerprint density at radius 1 is 1.12 bits per heavy atom. The maximum Gasteiger partial charge on any atom is 1.00 e. The second-order valence-electron chi connectivity index (χ2n) is 7.50. The summed E-state index contributed by atoms with van der Waals surface area (Å²) in [5.74, 6) is -0.280. The van der Waals surface area contributed by atoms with E-state index in [4.69, 9.17) is 4.74 Å². The predicted molar refractivity (Wildman–Crippen MR) is 120 cm³/mol. The average Bonchev–Trinajstić information content (AvgIpc) is 3.24. The van der Waals surface area contributed by atoms with Crippen molar-refractivity contribution < 1.29 is 42.6 Å². The predicted octanol–water partition coefficient (Wildman–Crippen LogP) is -0.148. The molecular formula is C21H29LiN3O5PS. The fraction of sp³-hybridized carbons (Fsp3) is 0.429. The van der Waals surface area contributed by atoms with E-state index in [1.54, 1.807) is 23.5 Å². The van der Waals surface area contributed by atoms with Gasteiger partial charge < -0.3 is 24.8 Å². The maximum absolute atomic E-state index is 12.5. The molecule has 1 aromatic heterocycles. The van der Waals surface area contributed by atoms with E-state index in [1.807, 2.05) is 49.6 Å². The summed E-state index contributed by atoms with van der Waals surface area (Å²) in [4.78, 5) is 37.9. The molecule has 1 unspecified atom stereocenters. The number of thiophene rings is 1. The molecule has 2 rings (SSSR count). The Hall–Kier alpha value is -1.59. The first-order chi connectivity index (χ1) is 14.7. The van der Waals surface area contributed by atoms with Gasteiger partial charge in [-0.2, -0.15) is 0 Å². The van der Waals surface area contributed by atoms with Gasteiger partial charge in [0.15, 0.2) is 0 Å². The fourth-order valence-corrected chi connectivity index (χ4v) is 4.64. The van der Waals surface area contributed by atoms with Gasteiger partial charge in [0.05, 0.1) is 19.8 Å². The zero-order valence-electron chi connectivity index (χ0n) is 18.7. The van der Waals surface area contributed by atoms with Gasteiger partial charge in [-0.3, -0.25) is 9.88 Å². The second kappa shape index (κ2) is 14.5. The van der Waals surface area contributed by atoms with E-state index in [0.29, 0.717) is 19.4 Å². The third-order valence-corrected chi connectivity index (χ3v) is 6.49. The summed E-state index contributed by atoms with van der Waals surface area (Å²) < 4.78 is 17.4. The van der Waals surface area contributed by atoms with Crippen LogP contribution in [0.1, 0.15) is 30.7 Å². The van der Waals surface area contributed by atoms with Crippen molar-refractivity contribution >= 4 is 30.9 Å². The van der Waals surface area contributed by atoms with Crippen LogP contribution in [-0.4, -0.2) is 30.9 Å². The number of alkyl carbamates (subject to hydrolysis) is 1. The summed E-state index contributed by atoms with van der Waals surface area (Å²) in [5, 5.41) is 9.39. The first-order valence-electron chi connectivity index (χ1n) is 10.1. The number of carbonyl (C=O) groups is 2. The largest absolute Gasteiger partial charge is 1.00 e. The van der Waals surface area contributed by atoms with Crippen molar-refractivity contribution in [3.8, 4) is 0 Å². The smallest absolute Gasteiger partial charge is 0.787 e. The molecule has 3 N–H and O–H groups in total. The van der Waals surface area contributed by atoms with Crippen LogP contribution in [-0.2, 0) is 27.1 Å². The van der Waals surface area contributed by atoms with E-state index >= 15 is 0 Å². The summed E-state index contributed by atoms with van der Waals surface area (Å²) in [7, 11) is -4.26. The monoisotopic (exact) mass is 473 g/mol. The molecule has 0 aliphatic rings. The van der Waals surface area contributed by atoms with Gasteiger partial charge in [-0.1, -0.05) is 50.2 Å². The van der Waals surface area contributed by atoms with Gasteiger partial charge in [0, 0.05) is 11.4 Å². The van der Waals surface area contributed by atoms with E-state index in [1.165, 1.54) is 0 Å². The molecule has 2 atom stereocenters. The van der Waals surface area contributed by atoms with Crippen molar-refractivity contribution in [1.29, 1.82) is 0 Å². The summed E-state index contributed by atoms with van der Waals surface area (Å²) in [5.41, 5.74) is 0.789. The molecule has 0 fully saturated rings. The Bertz CT molecular complexity index is 868. The van der Waals surface area contributed by atoms with E-state index in [9.17, 15) is 19.0 Å². The van der Waals surface area contributed by atoms with Crippen molar-refractivity contribution in [1.82, 2.24) is 15.7 Å². The summed E-state index contributed by atoms with van der Waals surface area (Å²) in [6.45, 7) is 4.26. The molecule has 0 saturated heterocycles. The minimum atomic E-state index is -4.26. The van der Waals surface area contributed by atoms with E-state index in [-0.39, 0.29) is 37.3 Å². The molecule has 0 spiro atoms. The molecule has 8 nitrogen and oxygen atoms in total. The van der Waals surface area contributed by atoms with Gasteiger partial charge in [-0.05, 0) is 35.8 Å². The zero-order valence-corrected chi connectivity index (χ0v) is 20.4. The molecule has 170 valence electrons. The van der Waals surface area contributed by atoms with Crippen LogP contribution in [0.3, 0.4) is 0 Å². The average molecular weight is 473 g/mol. The van der Waals surface area contributed by atoms with Crippen LogP contribution in [0.25, 0.3) is 0 Å².